The Bertz CT molecular complexity index is 717. The van der Waals surface area contributed by atoms with E-state index >= 15 is 0 Å². The van der Waals surface area contributed by atoms with Crippen LogP contribution >= 0.6 is 0 Å². The first-order valence-corrected chi connectivity index (χ1v) is 7.63. The van der Waals surface area contributed by atoms with Crippen molar-refractivity contribution in [2.24, 2.45) is 0 Å². The minimum absolute atomic E-state index is 0.0241. The standard InChI is InChI=1S/C19H19NO2/c1-13(21)15-7-9-18(10-8-15)20-19(22)12-14-5-6-16-3-2-4-17(16)11-14/h5-11H,2-4,12H2,1H3,(H,20,22). The predicted molar refractivity (Wildman–Crippen MR) is 87.2 cm³/mol. The average molecular weight is 293 g/mol. The third-order valence-corrected chi connectivity index (χ3v) is 4.10. The lowest BCUT2D eigenvalue weighted by molar-refractivity contribution is -0.115. The van der Waals surface area contributed by atoms with Crippen molar-refractivity contribution in [3.8, 4) is 0 Å². The first-order chi connectivity index (χ1) is 10.6. The Balaban J connectivity index is 1.63. The number of hydrogen-bond donors (Lipinski definition) is 1. The molecule has 22 heavy (non-hydrogen) atoms. The molecular weight excluding hydrogens is 274 g/mol. The Hall–Kier alpha value is -2.42. The monoisotopic (exact) mass is 293 g/mol. The first kappa shape index (κ1) is 14.5. The molecule has 0 fully saturated rings. The van der Waals surface area contributed by atoms with Crippen LogP contribution in [0.25, 0.3) is 0 Å². The van der Waals surface area contributed by atoms with Gasteiger partial charge in [-0.2, -0.15) is 0 Å². The van der Waals surface area contributed by atoms with E-state index in [4.69, 9.17) is 0 Å². The molecule has 0 radical (unpaired) electrons. The van der Waals surface area contributed by atoms with Crippen LogP contribution in [0.2, 0.25) is 0 Å². The Morgan fingerprint density at radius 3 is 2.45 bits per heavy atom. The van der Waals surface area contributed by atoms with Gasteiger partial charge in [0.1, 0.15) is 0 Å². The lowest BCUT2D eigenvalue weighted by atomic mass is 10.0. The Morgan fingerprint density at radius 2 is 1.73 bits per heavy atom. The highest BCUT2D eigenvalue weighted by Crippen LogP contribution is 2.23. The molecule has 0 saturated carbocycles. The van der Waals surface area contributed by atoms with E-state index in [1.165, 1.54) is 24.5 Å². The summed E-state index contributed by atoms with van der Waals surface area (Å²) >= 11 is 0. The molecule has 0 unspecified atom stereocenters. The van der Waals surface area contributed by atoms with Crippen LogP contribution in [0.1, 0.15) is 40.4 Å². The summed E-state index contributed by atoms with van der Waals surface area (Å²) in [4.78, 5) is 23.3. The highest BCUT2D eigenvalue weighted by Gasteiger charge is 2.12. The van der Waals surface area contributed by atoms with Gasteiger partial charge in [0, 0.05) is 11.3 Å². The number of benzene rings is 2. The van der Waals surface area contributed by atoms with Crippen molar-refractivity contribution in [1.29, 1.82) is 0 Å². The summed E-state index contributed by atoms with van der Waals surface area (Å²) in [5.74, 6) is -0.00969. The van der Waals surface area contributed by atoms with Gasteiger partial charge in [0.2, 0.25) is 5.91 Å². The molecule has 2 aromatic carbocycles. The molecule has 1 amide bonds. The van der Waals surface area contributed by atoms with Gasteiger partial charge in [-0.15, -0.1) is 0 Å². The lowest BCUT2D eigenvalue weighted by Crippen LogP contribution is -2.14. The number of rotatable bonds is 4. The van der Waals surface area contributed by atoms with Crippen LogP contribution < -0.4 is 5.32 Å². The fourth-order valence-electron chi connectivity index (χ4n) is 2.91. The summed E-state index contributed by atoms with van der Waals surface area (Å²) in [6.07, 6.45) is 3.87. The number of carbonyl (C=O) groups is 2. The molecule has 0 heterocycles. The molecular formula is C19H19NO2. The van der Waals surface area contributed by atoms with Gasteiger partial charge in [-0.1, -0.05) is 18.2 Å². The number of ketones is 1. The fourth-order valence-corrected chi connectivity index (χ4v) is 2.91. The average Bonchev–Trinajstić information content (AvgIpc) is 2.95. The third kappa shape index (κ3) is 3.25. The van der Waals surface area contributed by atoms with E-state index in [1.54, 1.807) is 24.3 Å². The number of fused-ring (bicyclic) bond motifs is 1. The molecule has 3 nitrogen and oxygen atoms in total. The van der Waals surface area contributed by atoms with Crippen molar-refractivity contribution >= 4 is 17.4 Å². The normalized spacial score (nSPS) is 12.8. The number of Topliss-reactive ketones (excluding diaryl/α,β-unsaturated/α-hetero) is 1. The van der Waals surface area contributed by atoms with E-state index in [0.29, 0.717) is 12.0 Å². The molecule has 112 valence electrons. The van der Waals surface area contributed by atoms with Gasteiger partial charge in [-0.25, -0.2) is 0 Å². The maximum atomic E-state index is 12.1. The van der Waals surface area contributed by atoms with E-state index in [0.717, 1.165) is 24.1 Å². The van der Waals surface area contributed by atoms with E-state index < -0.39 is 0 Å². The maximum absolute atomic E-state index is 12.1. The summed E-state index contributed by atoms with van der Waals surface area (Å²) in [6.45, 7) is 1.53. The zero-order valence-corrected chi connectivity index (χ0v) is 12.7. The van der Waals surface area contributed by atoms with E-state index in [1.807, 2.05) is 6.07 Å². The number of aryl methyl sites for hydroxylation is 2. The molecule has 0 aliphatic heterocycles. The molecule has 0 aromatic heterocycles. The summed E-state index contributed by atoms with van der Waals surface area (Å²) < 4.78 is 0. The summed E-state index contributed by atoms with van der Waals surface area (Å²) in [5.41, 5.74) is 5.23. The minimum atomic E-state index is -0.0338. The fraction of sp³-hybridized carbons (Fsp3) is 0.263. The molecule has 0 saturated heterocycles. The van der Waals surface area contributed by atoms with Crippen LogP contribution in [0, 0.1) is 0 Å². The SMILES string of the molecule is CC(=O)c1ccc(NC(=O)Cc2ccc3c(c2)CCC3)cc1. The molecule has 2 aromatic rings. The zero-order valence-electron chi connectivity index (χ0n) is 12.7. The van der Waals surface area contributed by atoms with Gasteiger partial charge in [-0.3, -0.25) is 9.59 Å². The molecule has 3 heteroatoms. The summed E-state index contributed by atoms with van der Waals surface area (Å²) in [5, 5.41) is 2.87. The summed E-state index contributed by atoms with van der Waals surface area (Å²) in [7, 11) is 0. The predicted octanol–water partition coefficient (Wildman–Crippen LogP) is 3.56. The van der Waals surface area contributed by atoms with Gasteiger partial charge in [0.25, 0.3) is 0 Å². The second kappa shape index (κ2) is 6.14. The van der Waals surface area contributed by atoms with Crippen LogP contribution in [0.3, 0.4) is 0 Å². The smallest absolute Gasteiger partial charge is 0.228 e. The van der Waals surface area contributed by atoms with Crippen LogP contribution in [-0.4, -0.2) is 11.7 Å². The Labute approximate surface area is 130 Å². The minimum Gasteiger partial charge on any atom is -0.326 e. The van der Waals surface area contributed by atoms with Gasteiger partial charge >= 0.3 is 0 Å². The second-order valence-electron chi connectivity index (χ2n) is 5.82. The van der Waals surface area contributed by atoms with Crippen LogP contribution in [0.4, 0.5) is 5.69 Å². The van der Waals surface area contributed by atoms with Gasteiger partial charge in [0.05, 0.1) is 6.42 Å². The lowest BCUT2D eigenvalue weighted by Gasteiger charge is -2.07. The summed E-state index contributed by atoms with van der Waals surface area (Å²) in [6, 6.07) is 13.3. The number of anilines is 1. The Kier molecular flexibility index (Phi) is 4.05. The first-order valence-electron chi connectivity index (χ1n) is 7.63. The molecule has 0 bridgehead atoms. The maximum Gasteiger partial charge on any atom is 0.228 e. The van der Waals surface area contributed by atoms with Crippen LogP contribution in [0.15, 0.2) is 42.5 Å². The number of carbonyl (C=O) groups excluding carboxylic acids is 2. The molecule has 0 atom stereocenters. The Morgan fingerprint density at radius 1 is 1.00 bits per heavy atom. The molecule has 1 aliphatic carbocycles. The van der Waals surface area contributed by atoms with E-state index in [-0.39, 0.29) is 11.7 Å². The van der Waals surface area contributed by atoms with E-state index in [2.05, 4.69) is 17.4 Å². The van der Waals surface area contributed by atoms with Crippen LogP contribution in [-0.2, 0) is 24.1 Å². The highest BCUT2D eigenvalue weighted by molar-refractivity contribution is 5.96. The molecule has 0 spiro atoms. The van der Waals surface area contributed by atoms with Gasteiger partial charge in [0.15, 0.2) is 5.78 Å². The highest BCUT2D eigenvalue weighted by atomic mass is 16.1. The van der Waals surface area contributed by atoms with Crippen molar-refractivity contribution < 1.29 is 9.59 Å². The number of nitrogens with one attached hydrogen (secondary N) is 1. The topological polar surface area (TPSA) is 46.2 Å². The largest absolute Gasteiger partial charge is 0.326 e. The molecule has 1 N–H and O–H groups in total. The van der Waals surface area contributed by atoms with Gasteiger partial charge in [-0.05, 0) is 67.1 Å². The van der Waals surface area contributed by atoms with Crippen LogP contribution in [0.5, 0.6) is 0 Å². The number of hydrogen-bond acceptors (Lipinski definition) is 2. The van der Waals surface area contributed by atoms with Crippen molar-refractivity contribution in [2.75, 3.05) is 5.32 Å². The van der Waals surface area contributed by atoms with Crippen molar-refractivity contribution in [1.82, 2.24) is 0 Å². The van der Waals surface area contributed by atoms with Gasteiger partial charge < -0.3 is 5.32 Å². The van der Waals surface area contributed by atoms with E-state index in [9.17, 15) is 9.59 Å². The van der Waals surface area contributed by atoms with Crippen molar-refractivity contribution in [3.05, 3.63) is 64.7 Å². The molecule has 1 aliphatic rings. The zero-order chi connectivity index (χ0) is 15.5. The second-order valence-corrected chi connectivity index (χ2v) is 5.82. The molecule has 3 rings (SSSR count). The third-order valence-electron chi connectivity index (χ3n) is 4.10. The quantitative estimate of drug-likeness (QED) is 0.876. The van der Waals surface area contributed by atoms with Crippen molar-refractivity contribution in [3.63, 3.8) is 0 Å². The number of amides is 1. The van der Waals surface area contributed by atoms with Crippen molar-refractivity contribution in [2.45, 2.75) is 32.6 Å².